The third-order valence-corrected chi connectivity index (χ3v) is 8.25. The van der Waals surface area contributed by atoms with E-state index in [2.05, 4.69) is 15.0 Å². The number of hydrogen-bond donors (Lipinski definition) is 1. The summed E-state index contributed by atoms with van der Waals surface area (Å²) in [7, 11) is -4.93. The van der Waals surface area contributed by atoms with Gasteiger partial charge in [-0.25, -0.2) is 40.9 Å². The molecule has 198 valence electrons. The summed E-state index contributed by atoms with van der Waals surface area (Å²) in [5.74, 6) is -5.15. The summed E-state index contributed by atoms with van der Waals surface area (Å²) < 4.78 is 91.9. The number of rotatable bonds is 6. The molecule has 0 amide bonds. The maximum Gasteiger partial charge on any atom is 0.267 e. The van der Waals surface area contributed by atoms with E-state index in [-0.39, 0.29) is 21.5 Å². The number of sulfonamides is 1. The average Bonchev–Trinajstić information content (AvgIpc) is 3.31. The summed E-state index contributed by atoms with van der Waals surface area (Å²) in [4.78, 5) is 13.2. The molecule has 1 fully saturated rings. The lowest BCUT2D eigenvalue weighted by Crippen LogP contribution is -2.36. The predicted molar refractivity (Wildman–Crippen MR) is 134 cm³/mol. The van der Waals surface area contributed by atoms with Gasteiger partial charge in [-0.15, -0.1) is 0 Å². The topological polar surface area (TPSA) is 97.3 Å². The Bertz CT molecular complexity index is 1610. The van der Waals surface area contributed by atoms with E-state index in [1.807, 2.05) is 9.62 Å². The van der Waals surface area contributed by atoms with Gasteiger partial charge in [-0.3, -0.25) is 4.72 Å². The SMILES string of the molecule is O=S(=O)(Nc1ccc(F)c(-c2nc(N3CCOCC3)sc2-c2ccnc(Cl)n2)c1F)c1c(F)cccc1F. The largest absolute Gasteiger partial charge is 0.378 e. The molecule has 0 radical (unpaired) electrons. The number of halogens is 5. The second-order valence-corrected chi connectivity index (χ2v) is 10.9. The second-order valence-electron chi connectivity index (χ2n) is 7.92. The van der Waals surface area contributed by atoms with Gasteiger partial charge in [-0.2, -0.15) is 0 Å². The van der Waals surface area contributed by atoms with Crippen molar-refractivity contribution in [2.24, 2.45) is 0 Å². The normalized spacial score (nSPS) is 14.1. The molecular formula is C23H16ClF4N5O3S2. The van der Waals surface area contributed by atoms with Gasteiger partial charge in [0, 0.05) is 19.3 Å². The van der Waals surface area contributed by atoms with E-state index >= 15 is 8.78 Å². The fourth-order valence-corrected chi connectivity index (χ4v) is 6.23. The molecule has 38 heavy (non-hydrogen) atoms. The molecule has 0 unspecified atom stereocenters. The number of benzene rings is 2. The fraction of sp³-hybridized carbons (Fsp3) is 0.174. The summed E-state index contributed by atoms with van der Waals surface area (Å²) in [6.45, 7) is 1.82. The lowest BCUT2D eigenvalue weighted by Gasteiger charge is -2.26. The van der Waals surface area contributed by atoms with Crippen molar-refractivity contribution in [3.05, 3.63) is 71.1 Å². The Morgan fingerprint density at radius 3 is 2.37 bits per heavy atom. The van der Waals surface area contributed by atoms with Crippen LogP contribution >= 0.6 is 22.9 Å². The van der Waals surface area contributed by atoms with Gasteiger partial charge in [0.05, 0.1) is 40.7 Å². The molecular weight excluding hydrogens is 570 g/mol. The number of thiazole rings is 1. The van der Waals surface area contributed by atoms with E-state index in [0.717, 1.165) is 41.7 Å². The monoisotopic (exact) mass is 585 g/mol. The van der Waals surface area contributed by atoms with Crippen molar-refractivity contribution in [2.75, 3.05) is 35.9 Å². The third kappa shape index (κ3) is 5.04. The maximum absolute atomic E-state index is 15.8. The number of nitrogens with one attached hydrogen (secondary N) is 1. The van der Waals surface area contributed by atoms with E-state index in [9.17, 15) is 17.2 Å². The minimum Gasteiger partial charge on any atom is -0.378 e. The Morgan fingerprint density at radius 1 is 0.974 bits per heavy atom. The Kier molecular flexibility index (Phi) is 7.22. The van der Waals surface area contributed by atoms with E-state index in [1.54, 1.807) is 0 Å². The van der Waals surface area contributed by atoms with Gasteiger partial charge in [0.25, 0.3) is 10.0 Å². The summed E-state index contributed by atoms with van der Waals surface area (Å²) >= 11 is 7.04. The molecule has 2 aromatic carbocycles. The van der Waals surface area contributed by atoms with Crippen molar-refractivity contribution < 1.29 is 30.7 Å². The zero-order valence-corrected chi connectivity index (χ0v) is 21.5. The van der Waals surface area contributed by atoms with Crippen LogP contribution in [-0.4, -0.2) is 49.7 Å². The number of nitrogens with zero attached hydrogens (tertiary/aromatic N) is 4. The van der Waals surface area contributed by atoms with Crippen molar-refractivity contribution in [3.8, 4) is 21.8 Å². The van der Waals surface area contributed by atoms with Crippen LogP contribution in [0.5, 0.6) is 0 Å². The Labute approximate surface area is 223 Å². The molecule has 0 atom stereocenters. The maximum atomic E-state index is 15.8. The minimum absolute atomic E-state index is 0.107. The van der Waals surface area contributed by atoms with Crippen molar-refractivity contribution in [2.45, 2.75) is 4.90 Å². The van der Waals surface area contributed by atoms with Crippen LogP contribution in [-0.2, 0) is 14.8 Å². The molecule has 1 aliphatic rings. The van der Waals surface area contributed by atoms with Crippen molar-refractivity contribution in [3.63, 3.8) is 0 Å². The Hall–Kier alpha value is -3.33. The van der Waals surface area contributed by atoms with Crippen LogP contribution in [0.2, 0.25) is 5.28 Å². The van der Waals surface area contributed by atoms with Gasteiger partial charge in [-0.1, -0.05) is 17.4 Å². The summed E-state index contributed by atoms with van der Waals surface area (Å²) in [5.41, 5.74) is -1.34. The number of hydrogen-bond acceptors (Lipinski definition) is 8. The third-order valence-electron chi connectivity index (χ3n) is 5.52. The van der Waals surface area contributed by atoms with Crippen molar-refractivity contribution in [1.82, 2.24) is 15.0 Å². The number of aromatic nitrogens is 3. The molecule has 3 heterocycles. The summed E-state index contributed by atoms with van der Waals surface area (Å²) in [5, 5.41) is 0.315. The molecule has 0 bridgehead atoms. The van der Waals surface area contributed by atoms with Crippen LogP contribution in [0.15, 0.2) is 47.5 Å². The van der Waals surface area contributed by atoms with Gasteiger partial charge >= 0.3 is 0 Å². The van der Waals surface area contributed by atoms with Gasteiger partial charge in [0.1, 0.15) is 17.5 Å². The molecule has 1 saturated heterocycles. The van der Waals surface area contributed by atoms with E-state index in [1.165, 1.54) is 12.3 Å². The van der Waals surface area contributed by atoms with Crippen LogP contribution in [0, 0.1) is 23.3 Å². The number of ether oxygens (including phenoxy) is 1. The molecule has 4 aromatic rings. The molecule has 15 heteroatoms. The van der Waals surface area contributed by atoms with Crippen LogP contribution in [0.1, 0.15) is 0 Å². The molecule has 0 spiro atoms. The molecule has 1 N–H and O–H groups in total. The first-order valence-electron chi connectivity index (χ1n) is 10.9. The summed E-state index contributed by atoms with van der Waals surface area (Å²) in [6, 6.07) is 5.57. The van der Waals surface area contributed by atoms with E-state index in [4.69, 9.17) is 16.3 Å². The lowest BCUT2D eigenvalue weighted by atomic mass is 10.1. The highest BCUT2D eigenvalue weighted by atomic mass is 35.5. The van der Waals surface area contributed by atoms with Crippen LogP contribution < -0.4 is 9.62 Å². The zero-order valence-electron chi connectivity index (χ0n) is 19.1. The number of anilines is 2. The predicted octanol–water partition coefficient (Wildman–Crippen LogP) is 5.11. The van der Waals surface area contributed by atoms with E-state index in [0.29, 0.717) is 31.4 Å². The lowest BCUT2D eigenvalue weighted by molar-refractivity contribution is 0.122. The zero-order chi connectivity index (χ0) is 27.0. The first kappa shape index (κ1) is 26.3. The van der Waals surface area contributed by atoms with Gasteiger partial charge in [-0.05, 0) is 41.9 Å². The minimum atomic E-state index is -4.93. The number of morpholine rings is 1. The molecule has 0 saturated carbocycles. The second kappa shape index (κ2) is 10.4. The van der Waals surface area contributed by atoms with Crippen LogP contribution in [0.4, 0.5) is 28.4 Å². The standard InChI is InChI=1S/C23H16ClF4N5O3S2/c24-22-29-7-6-16(30-22)20-19(31-23(37-20)33-8-10-36-11-9-33)17-12(25)4-5-15(18(17)28)32-38(34,35)21-13(26)2-1-3-14(21)27/h1-7,32H,8-11H2. The molecule has 1 aliphatic heterocycles. The highest BCUT2D eigenvalue weighted by molar-refractivity contribution is 7.92. The first-order chi connectivity index (χ1) is 18.2. The summed E-state index contributed by atoms with van der Waals surface area (Å²) in [6.07, 6.45) is 1.36. The Balaban J connectivity index is 1.64. The first-order valence-corrected chi connectivity index (χ1v) is 13.6. The smallest absolute Gasteiger partial charge is 0.267 e. The molecule has 5 rings (SSSR count). The van der Waals surface area contributed by atoms with Crippen molar-refractivity contribution >= 4 is 43.8 Å². The fourth-order valence-electron chi connectivity index (χ4n) is 3.79. The van der Waals surface area contributed by atoms with Crippen LogP contribution in [0.3, 0.4) is 0 Å². The molecule has 0 aliphatic carbocycles. The van der Waals surface area contributed by atoms with Gasteiger partial charge < -0.3 is 9.64 Å². The van der Waals surface area contributed by atoms with E-state index < -0.39 is 49.4 Å². The molecule has 2 aromatic heterocycles. The quantitative estimate of drug-likeness (QED) is 0.248. The average molecular weight is 586 g/mol. The van der Waals surface area contributed by atoms with Crippen molar-refractivity contribution in [1.29, 1.82) is 0 Å². The van der Waals surface area contributed by atoms with Gasteiger partial charge in [0.2, 0.25) is 5.28 Å². The Morgan fingerprint density at radius 2 is 1.68 bits per heavy atom. The highest BCUT2D eigenvalue weighted by Crippen LogP contribution is 2.43. The highest BCUT2D eigenvalue weighted by Gasteiger charge is 2.29. The van der Waals surface area contributed by atoms with Crippen LogP contribution in [0.25, 0.3) is 21.8 Å². The molecule has 8 nitrogen and oxygen atoms in total. The van der Waals surface area contributed by atoms with Gasteiger partial charge in [0.15, 0.2) is 15.8 Å².